The Hall–Kier alpha value is -1.80. The second-order valence-corrected chi connectivity index (χ2v) is 5.72. The van der Waals surface area contributed by atoms with E-state index in [-0.39, 0.29) is 0 Å². The lowest BCUT2D eigenvalue weighted by molar-refractivity contribution is 0.290. The Morgan fingerprint density at radius 3 is 2.29 bits per heavy atom. The first-order valence-electron chi connectivity index (χ1n) is 7.53. The molecule has 2 heteroatoms. The lowest BCUT2D eigenvalue weighted by atomic mass is 9.99. The summed E-state index contributed by atoms with van der Waals surface area (Å²) in [5, 5.41) is 3.39. The Kier molecular flexibility index (Phi) is 5.40. The number of ether oxygens (including phenoxy) is 1. The van der Waals surface area contributed by atoms with Crippen LogP contribution in [0.15, 0.2) is 42.5 Å². The van der Waals surface area contributed by atoms with Crippen molar-refractivity contribution in [2.45, 2.75) is 33.2 Å². The van der Waals surface area contributed by atoms with E-state index in [4.69, 9.17) is 4.74 Å². The van der Waals surface area contributed by atoms with Crippen LogP contribution in [0.5, 0.6) is 5.75 Å². The fourth-order valence-corrected chi connectivity index (χ4v) is 2.69. The Bertz CT molecular complexity index is 572. The summed E-state index contributed by atoms with van der Waals surface area (Å²) in [6.45, 7) is 7.08. The van der Waals surface area contributed by atoms with Gasteiger partial charge >= 0.3 is 0 Å². The Balaban J connectivity index is 1.96. The van der Waals surface area contributed by atoms with Gasteiger partial charge in [-0.15, -0.1) is 0 Å². The minimum atomic E-state index is 0.327. The first-order valence-corrected chi connectivity index (χ1v) is 7.53. The van der Waals surface area contributed by atoms with Crippen LogP contribution < -0.4 is 10.1 Å². The van der Waals surface area contributed by atoms with E-state index in [1.807, 2.05) is 19.2 Å². The van der Waals surface area contributed by atoms with Crippen molar-refractivity contribution in [2.75, 3.05) is 13.7 Å². The molecule has 0 aliphatic heterocycles. The van der Waals surface area contributed by atoms with Crippen LogP contribution in [-0.4, -0.2) is 13.7 Å². The fraction of sp³-hybridized carbons (Fsp3) is 0.368. The van der Waals surface area contributed by atoms with E-state index in [1.165, 1.54) is 22.3 Å². The number of hydrogen-bond donors (Lipinski definition) is 1. The van der Waals surface area contributed by atoms with E-state index < -0.39 is 0 Å². The number of rotatable bonds is 6. The summed E-state index contributed by atoms with van der Waals surface area (Å²) in [4.78, 5) is 0. The lowest BCUT2D eigenvalue weighted by Gasteiger charge is -2.18. The van der Waals surface area contributed by atoms with Crippen molar-refractivity contribution in [3.63, 3.8) is 0 Å². The largest absolute Gasteiger partial charge is 0.494 e. The Morgan fingerprint density at radius 1 is 0.952 bits per heavy atom. The summed E-state index contributed by atoms with van der Waals surface area (Å²) >= 11 is 0. The average Bonchev–Trinajstić information content (AvgIpc) is 2.42. The second kappa shape index (κ2) is 7.28. The molecule has 0 heterocycles. The number of benzene rings is 2. The summed E-state index contributed by atoms with van der Waals surface area (Å²) in [7, 11) is 2.01. The molecule has 0 radical (unpaired) electrons. The van der Waals surface area contributed by atoms with E-state index in [0.29, 0.717) is 12.6 Å². The molecular formula is C19H25NO. The van der Waals surface area contributed by atoms with Crippen molar-refractivity contribution in [1.29, 1.82) is 0 Å². The third-order valence-corrected chi connectivity index (χ3v) is 3.66. The van der Waals surface area contributed by atoms with Gasteiger partial charge in [-0.1, -0.05) is 41.5 Å². The molecule has 21 heavy (non-hydrogen) atoms. The molecule has 0 saturated carbocycles. The van der Waals surface area contributed by atoms with Crippen LogP contribution in [0.1, 0.15) is 34.7 Å². The van der Waals surface area contributed by atoms with Gasteiger partial charge in [0.15, 0.2) is 0 Å². The van der Waals surface area contributed by atoms with Crippen LogP contribution in [0.25, 0.3) is 0 Å². The molecule has 0 aliphatic rings. The lowest BCUT2D eigenvalue weighted by Crippen LogP contribution is -2.19. The van der Waals surface area contributed by atoms with E-state index >= 15 is 0 Å². The molecule has 0 spiro atoms. The number of nitrogens with one attached hydrogen (secondary N) is 1. The maximum Gasteiger partial charge on any atom is 0.119 e. The number of aryl methyl sites for hydroxylation is 3. The van der Waals surface area contributed by atoms with Crippen molar-refractivity contribution >= 4 is 0 Å². The normalized spacial score (nSPS) is 12.2. The molecule has 1 atom stereocenters. The summed E-state index contributed by atoms with van der Waals surface area (Å²) < 4.78 is 5.86. The van der Waals surface area contributed by atoms with Crippen LogP contribution in [0.4, 0.5) is 0 Å². The van der Waals surface area contributed by atoms with Gasteiger partial charge in [0.2, 0.25) is 0 Å². The van der Waals surface area contributed by atoms with Gasteiger partial charge in [-0.05, 0) is 51.1 Å². The first kappa shape index (κ1) is 15.6. The summed E-state index contributed by atoms with van der Waals surface area (Å²) in [6.07, 6.45) is 0.952. The maximum atomic E-state index is 5.86. The van der Waals surface area contributed by atoms with E-state index in [9.17, 15) is 0 Å². The zero-order chi connectivity index (χ0) is 15.2. The highest BCUT2D eigenvalue weighted by Crippen LogP contribution is 2.20. The van der Waals surface area contributed by atoms with Gasteiger partial charge in [0.25, 0.3) is 0 Å². The van der Waals surface area contributed by atoms with Gasteiger partial charge in [0.05, 0.1) is 6.61 Å². The first-order chi connectivity index (χ1) is 10.1. The molecular weight excluding hydrogens is 258 g/mol. The van der Waals surface area contributed by atoms with E-state index in [0.717, 1.165) is 12.2 Å². The third-order valence-electron chi connectivity index (χ3n) is 3.66. The molecule has 0 amide bonds. The summed E-state index contributed by atoms with van der Waals surface area (Å²) in [5.41, 5.74) is 5.18. The molecule has 2 rings (SSSR count). The van der Waals surface area contributed by atoms with Crippen LogP contribution in [0.3, 0.4) is 0 Å². The predicted octanol–water partition coefficient (Wildman–Crippen LogP) is 4.34. The average molecular weight is 283 g/mol. The SMILES string of the molecule is CNC(CCOc1cccc(C)c1)c1cc(C)cc(C)c1. The highest BCUT2D eigenvalue weighted by atomic mass is 16.5. The Labute approximate surface area is 128 Å². The predicted molar refractivity (Wildman–Crippen MR) is 89.0 cm³/mol. The monoisotopic (exact) mass is 283 g/mol. The van der Waals surface area contributed by atoms with Crippen LogP contribution >= 0.6 is 0 Å². The zero-order valence-electron chi connectivity index (χ0n) is 13.4. The van der Waals surface area contributed by atoms with Gasteiger partial charge < -0.3 is 10.1 Å². The zero-order valence-corrected chi connectivity index (χ0v) is 13.4. The van der Waals surface area contributed by atoms with Gasteiger partial charge in [-0.2, -0.15) is 0 Å². The van der Waals surface area contributed by atoms with Crippen LogP contribution in [0, 0.1) is 20.8 Å². The molecule has 2 aromatic rings. The van der Waals surface area contributed by atoms with Crippen molar-refractivity contribution < 1.29 is 4.74 Å². The van der Waals surface area contributed by atoms with Gasteiger partial charge in [-0.3, -0.25) is 0 Å². The summed E-state index contributed by atoms with van der Waals surface area (Å²) in [6, 6.07) is 15.2. The molecule has 2 aromatic carbocycles. The number of hydrogen-bond acceptors (Lipinski definition) is 2. The Morgan fingerprint density at radius 2 is 1.67 bits per heavy atom. The topological polar surface area (TPSA) is 21.3 Å². The van der Waals surface area contributed by atoms with Crippen molar-refractivity contribution in [1.82, 2.24) is 5.32 Å². The highest BCUT2D eigenvalue weighted by molar-refractivity contribution is 5.31. The fourth-order valence-electron chi connectivity index (χ4n) is 2.69. The highest BCUT2D eigenvalue weighted by Gasteiger charge is 2.10. The molecule has 0 saturated heterocycles. The molecule has 0 fully saturated rings. The van der Waals surface area contributed by atoms with Crippen molar-refractivity contribution in [3.05, 3.63) is 64.7 Å². The van der Waals surface area contributed by atoms with Crippen molar-refractivity contribution in [2.24, 2.45) is 0 Å². The van der Waals surface area contributed by atoms with Gasteiger partial charge in [0.1, 0.15) is 5.75 Å². The standard InChI is InChI=1S/C19H25NO/c1-14-6-5-7-18(13-14)21-9-8-19(20-4)17-11-15(2)10-16(3)12-17/h5-7,10-13,19-20H,8-9H2,1-4H3. The minimum Gasteiger partial charge on any atom is -0.494 e. The van der Waals surface area contributed by atoms with Gasteiger partial charge in [-0.25, -0.2) is 0 Å². The summed E-state index contributed by atoms with van der Waals surface area (Å²) in [5.74, 6) is 0.949. The van der Waals surface area contributed by atoms with Crippen LogP contribution in [-0.2, 0) is 0 Å². The maximum absolute atomic E-state index is 5.86. The molecule has 1 unspecified atom stereocenters. The molecule has 2 nitrogen and oxygen atoms in total. The molecule has 0 aromatic heterocycles. The smallest absolute Gasteiger partial charge is 0.119 e. The molecule has 0 bridgehead atoms. The van der Waals surface area contributed by atoms with Crippen LogP contribution in [0.2, 0.25) is 0 Å². The second-order valence-electron chi connectivity index (χ2n) is 5.72. The molecule has 1 N–H and O–H groups in total. The van der Waals surface area contributed by atoms with E-state index in [2.05, 4.69) is 56.4 Å². The molecule has 112 valence electrons. The molecule has 0 aliphatic carbocycles. The quantitative estimate of drug-likeness (QED) is 0.851. The minimum absolute atomic E-state index is 0.327. The third kappa shape index (κ3) is 4.61. The van der Waals surface area contributed by atoms with Crippen molar-refractivity contribution in [3.8, 4) is 5.75 Å². The van der Waals surface area contributed by atoms with Gasteiger partial charge in [0, 0.05) is 12.5 Å². The van der Waals surface area contributed by atoms with E-state index in [1.54, 1.807) is 0 Å².